The first kappa shape index (κ1) is 16.4. The van der Waals surface area contributed by atoms with Crippen LogP contribution >= 0.6 is 0 Å². The zero-order valence-corrected chi connectivity index (χ0v) is 13.0. The molecule has 23 heavy (non-hydrogen) atoms. The monoisotopic (exact) mass is 314 g/mol. The van der Waals surface area contributed by atoms with Gasteiger partial charge in [-0.05, 0) is 36.8 Å². The summed E-state index contributed by atoms with van der Waals surface area (Å²) in [6.07, 6.45) is 0. The number of methoxy groups -OCH3 is 1. The molecule has 0 fully saturated rings. The van der Waals surface area contributed by atoms with E-state index in [4.69, 9.17) is 9.47 Å². The minimum Gasteiger partial charge on any atom is -0.496 e. The van der Waals surface area contributed by atoms with E-state index < -0.39 is 11.8 Å². The van der Waals surface area contributed by atoms with Gasteiger partial charge in [-0.15, -0.1) is 0 Å². The third-order valence-electron chi connectivity index (χ3n) is 3.03. The third-order valence-corrected chi connectivity index (χ3v) is 3.03. The zero-order valence-electron chi connectivity index (χ0n) is 13.0. The highest BCUT2D eigenvalue weighted by atomic mass is 16.5. The van der Waals surface area contributed by atoms with Crippen molar-refractivity contribution < 1.29 is 19.1 Å². The highest BCUT2D eigenvalue weighted by molar-refractivity contribution is 5.97. The Labute approximate surface area is 134 Å². The van der Waals surface area contributed by atoms with E-state index in [1.165, 1.54) is 7.11 Å². The Kier molecular flexibility index (Phi) is 5.57. The Morgan fingerprint density at radius 3 is 2.57 bits per heavy atom. The van der Waals surface area contributed by atoms with Crippen molar-refractivity contribution in [1.82, 2.24) is 10.9 Å². The van der Waals surface area contributed by atoms with Gasteiger partial charge in [0.05, 0.1) is 12.7 Å². The predicted molar refractivity (Wildman–Crippen MR) is 85.3 cm³/mol. The number of nitrogens with one attached hydrogen (secondary N) is 2. The van der Waals surface area contributed by atoms with E-state index in [1.807, 2.05) is 25.1 Å². The Hall–Kier alpha value is -3.02. The lowest BCUT2D eigenvalue weighted by molar-refractivity contribution is -0.123. The first-order valence-corrected chi connectivity index (χ1v) is 7.02. The molecule has 2 N–H and O–H groups in total. The molecule has 2 aromatic rings. The molecule has 0 unspecified atom stereocenters. The second-order valence-electron chi connectivity index (χ2n) is 4.81. The minimum atomic E-state index is -0.466. The van der Waals surface area contributed by atoms with Gasteiger partial charge in [0.25, 0.3) is 11.8 Å². The lowest BCUT2D eigenvalue weighted by atomic mass is 10.2. The van der Waals surface area contributed by atoms with Gasteiger partial charge in [-0.1, -0.05) is 24.3 Å². The number of hydrogen-bond donors (Lipinski definition) is 2. The SMILES string of the molecule is COc1ccccc1C(=O)NNC(=O)COc1cccc(C)c1. The molecule has 0 atom stereocenters. The fraction of sp³-hybridized carbons (Fsp3) is 0.176. The van der Waals surface area contributed by atoms with Gasteiger partial charge in [0, 0.05) is 0 Å². The Morgan fingerprint density at radius 1 is 1.04 bits per heavy atom. The molecule has 0 bridgehead atoms. The van der Waals surface area contributed by atoms with Gasteiger partial charge >= 0.3 is 0 Å². The van der Waals surface area contributed by atoms with Crippen LogP contribution in [-0.4, -0.2) is 25.5 Å². The fourth-order valence-electron chi connectivity index (χ4n) is 1.92. The van der Waals surface area contributed by atoms with Crippen molar-refractivity contribution in [3.05, 3.63) is 59.7 Å². The summed E-state index contributed by atoms with van der Waals surface area (Å²) in [4.78, 5) is 23.7. The molecule has 2 rings (SSSR count). The molecule has 0 saturated heterocycles. The topological polar surface area (TPSA) is 76.7 Å². The Morgan fingerprint density at radius 2 is 1.83 bits per heavy atom. The number of carbonyl (C=O) groups is 2. The number of hydrazine groups is 1. The molecular formula is C17H18N2O4. The number of benzene rings is 2. The van der Waals surface area contributed by atoms with Gasteiger partial charge < -0.3 is 9.47 Å². The second-order valence-corrected chi connectivity index (χ2v) is 4.81. The summed E-state index contributed by atoms with van der Waals surface area (Å²) in [5.74, 6) is 0.0903. The number of hydrogen-bond acceptors (Lipinski definition) is 4. The first-order chi connectivity index (χ1) is 11.1. The van der Waals surface area contributed by atoms with Crippen LogP contribution in [0.2, 0.25) is 0 Å². The number of amides is 2. The summed E-state index contributed by atoms with van der Waals surface area (Å²) in [7, 11) is 1.47. The lowest BCUT2D eigenvalue weighted by Crippen LogP contribution is -2.43. The molecule has 0 aromatic heterocycles. The average molecular weight is 314 g/mol. The molecule has 0 aliphatic rings. The lowest BCUT2D eigenvalue weighted by Gasteiger charge is -2.11. The van der Waals surface area contributed by atoms with Crippen LogP contribution in [0, 0.1) is 6.92 Å². The van der Waals surface area contributed by atoms with Crippen molar-refractivity contribution >= 4 is 11.8 Å². The Balaban J connectivity index is 1.83. The fourth-order valence-corrected chi connectivity index (χ4v) is 1.92. The van der Waals surface area contributed by atoms with Crippen LogP contribution in [0.4, 0.5) is 0 Å². The van der Waals surface area contributed by atoms with Crippen molar-refractivity contribution in [2.45, 2.75) is 6.92 Å². The highest BCUT2D eigenvalue weighted by Crippen LogP contribution is 2.16. The molecular weight excluding hydrogens is 296 g/mol. The van der Waals surface area contributed by atoms with Crippen LogP contribution in [0.25, 0.3) is 0 Å². The third kappa shape index (κ3) is 4.74. The number of para-hydroxylation sites is 1. The normalized spacial score (nSPS) is 9.83. The summed E-state index contributed by atoms with van der Waals surface area (Å²) in [5.41, 5.74) is 5.98. The average Bonchev–Trinajstić information content (AvgIpc) is 2.57. The number of aryl methyl sites for hydroxylation is 1. The van der Waals surface area contributed by atoms with Crippen molar-refractivity contribution in [3.8, 4) is 11.5 Å². The number of ether oxygens (including phenoxy) is 2. The van der Waals surface area contributed by atoms with Gasteiger partial charge in [0.15, 0.2) is 6.61 Å². The van der Waals surface area contributed by atoms with Gasteiger partial charge in [-0.25, -0.2) is 0 Å². The van der Waals surface area contributed by atoms with E-state index in [2.05, 4.69) is 10.9 Å². The summed E-state index contributed by atoms with van der Waals surface area (Å²) >= 11 is 0. The zero-order chi connectivity index (χ0) is 16.7. The number of rotatable bonds is 5. The van der Waals surface area contributed by atoms with E-state index in [-0.39, 0.29) is 6.61 Å². The van der Waals surface area contributed by atoms with Gasteiger partial charge in [-0.2, -0.15) is 0 Å². The van der Waals surface area contributed by atoms with E-state index in [0.717, 1.165) is 5.56 Å². The van der Waals surface area contributed by atoms with Gasteiger partial charge in [-0.3, -0.25) is 20.4 Å². The van der Waals surface area contributed by atoms with Crippen LogP contribution < -0.4 is 20.3 Å². The molecule has 0 aliphatic carbocycles. The van der Waals surface area contributed by atoms with E-state index >= 15 is 0 Å². The minimum absolute atomic E-state index is 0.199. The molecule has 0 radical (unpaired) electrons. The maximum Gasteiger partial charge on any atom is 0.276 e. The molecule has 0 aliphatic heterocycles. The molecule has 120 valence electrons. The van der Waals surface area contributed by atoms with Crippen molar-refractivity contribution in [2.75, 3.05) is 13.7 Å². The quantitative estimate of drug-likeness (QED) is 0.826. The van der Waals surface area contributed by atoms with Crippen molar-refractivity contribution in [3.63, 3.8) is 0 Å². The maximum atomic E-state index is 12.0. The van der Waals surface area contributed by atoms with E-state index in [1.54, 1.807) is 30.3 Å². The van der Waals surface area contributed by atoms with Gasteiger partial charge in [0.2, 0.25) is 0 Å². The first-order valence-electron chi connectivity index (χ1n) is 7.02. The predicted octanol–water partition coefficient (Wildman–Crippen LogP) is 1.84. The van der Waals surface area contributed by atoms with E-state index in [9.17, 15) is 9.59 Å². The molecule has 0 heterocycles. The van der Waals surface area contributed by atoms with Crippen molar-refractivity contribution in [1.29, 1.82) is 0 Å². The summed E-state index contributed by atoms with van der Waals surface area (Å²) in [6, 6.07) is 14.1. The van der Waals surface area contributed by atoms with Crippen LogP contribution in [0.1, 0.15) is 15.9 Å². The maximum absolute atomic E-state index is 12.0. The van der Waals surface area contributed by atoms with Crippen LogP contribution in [0.5, 0.6) is 11.5 Å². The molecule has 0 saturated carbocycles. The standard InChI is InChI=1S/C17H18N2O4/c1-12-6-5-7-13(10-12)23-11-16(20)18-19-17(21)14-8-3-4-9-15(14)22-2/h3-10H,11H2,1-2H3,(H,18,20)(H,19,21). The molecule has 2 aromatic carbocycles. The Bertz CT molecular complexity index is 700. The molecule has 6 heteroatoms. The summed E-state index contributed by atoms with van der Waals surface area (Å²) in [6.45, 7) is 1.73. The molecule has 2 amide bonds. The van der Waals surface area contributed by atoms with Crippen molar-refractivity contribution in [2.24, 2.45) is 0 Å². The summed E-state index contributed by atoms with van der Waals surface area (Å²) < 4.78 is 10.4. The van der Waals surface area contributed by atoms with Crippen LogP contribution in [0.15, 0.2) is 48.5 Å². The van der Waals surface area contributed by atoms with Gasteiger partial charge in [0.1, 0.15) is 11.5 Å². The van der Waals surface area contributed by atoms with Crippen LogP contribution in [-0.2, 0) is 4.79 Å². The number of carbonyl (C=O) groups excluding carboxylic acids is 2. The smallest absolute Gasteiger partial charge is 0.276 e. The van der Waals surface area contributed by atoms with Crippen LogP contribution in [0.3, 0.4) is 0 Å². The second kappa shape index (κ2) is 7.84. The molecule has 0 spiro atoms. The summed E-state index contributed by atoms with van der Waals surface area (Å²) in [5, 5.41) is 0. The van der Waals surface area contributed by atoms with E-state index in [0.29, 0.717) is 17.1 Å². The molecule has 6 nitrogen and oxygen atoms in total. The largest absolute Gasteiger partial charge is 0.496 e. The highest BCUT2D eigenvalue weighted by Gasteiger charge is 2.12.